The van der Waals surface area contributed by atoms with Gasteiger partial charge in [-0.15, -0.1) is 0 Å². The van der Waals surface area contributed by atoms with Crippen molar-refractivity contribution in [1.29, 1.82) is 0 Å². The summed E-state index contributed by atoms with van der Waals surface area (Å²) in [6, 6.07) is 10.3. The van der Waals surface area contributed by atoms with Crippen molar-refractivity contribution in [2.45, 2.75) is 12.1 Å². The number of benzene rings is 1. The topological polar surface area (TPSA) is 41.6 Å². The molecule has 2 heterocycles. The Morgan fingerprint density at radius 3 is 2.71 bits per heavy atom. The second-order valence-corrected chi connectivity index (χ2v) is 4.84. The lowest BCUT2D eigenvalue weighted by molar-refractivity contribution is -0.164. The third-order valence-corrected chi connectivity index (χ3v) is 3.58. The maximum absolute atomic E-state index is 11.5. The van der Waals surface area contributed by atoms with Crippen molar-refractivity contribution in [2.24, 2.45) is 0 Å². The lowest BCUT2D eigenvalue weighted by Crippen LogP contribution is -2.71. The van der Waals surface area contributed by atoms with Crippen LogP contribution in [0.3, 0.4) is 0 Å². The number of rotatable bonds is 2. The molecule has 0 radical (unpaired) electrons. The number of hydrogen-bond donors (Lipinski definition) is 1. The molecule has 3 rings (SSSR count). The van der Waals surface area contributed by atoms with Crippen LogP contribution >= 0.6 is 0 Å². The molecule has 0 atom stereocenters. The molecule has 1 aromatic rings. The number of hydrogen-bond acceptors (Lipinski definition) is 3. The fraction of sp³-hybridized carbons (Fsp3) is 0.462. The standard InChI is InChI=1S/C13H16N2O2/c16-12-7-15(6-11-4-2-1-3-5-11)13(8-14-12)9-17-10-13/h1-5H,6-10H2,(H,14,16). The zero-order valence-electron chi connectivity index (χ0n) is 9.69. The molecule has 1 N–H and O–H groups in total. The highest BCUT2D eigenvalue weighted by atomic mass is 16.5. The van der Waals surface area contributed by atoms with Gasteiger partial charge in [0.15, 0.2) is 0 Å². The number of carbonyl (C=O) groups excluding carboxylic acids is 1. The molecule has 1 amide bonds. The molecule has 1 spiro atoms. The highest BCUT2D eigenvalue weighted by Gasteiger charge is 2.47. The minimum atomic E-state index is 0.0315. The van der Waals surface area contributed by atoms with E-state index in [0.717, 1.165) is 19.8 Å². The molecule has 0 aliphatic carbocycles. The summed E-state index contributed by atoms with van der Waals surface area (Å²) in [5.41, 5.74) is 1.28. The fourth-order valence-electron chi connectivity index (χ4n) is 2.42. The van der Waals surface area contributed by atoms with Gasteiger partial charge in [-0.05, 0) is 5.56 Å². The summed E-state index contributed by atoms with van der Waals surface area (Å²) in [5.74, 6) is 0.110. The van der Waals surface area contributed by atoms with Crippen molar-refractivity contribution < 1.29 is 9.53 Å². The molecule has 4 nitrogen and oxygen atoms in total. The SMILES string of the molecule is O=C1CN(Cc2ccccc2)C2(CN1)COC2. The summed E-state index contributed by atoms with van der Waals surface area (Å²) in [6.45, 7) is 3.44. The first-order chi connectivity index (χ1) is 8.28. The molecule has 0 unspecified atom stereocenters. The minimum absolute atomic E-state index is 0.0315. The van der Waals surface area contributed by atoms with Crippen LogP contribution in [0.4, 0.5) is 0 Å². The summed E-state index contributed by atoms with van der Waals surface area (Å²) < 4.78 is 5.33. The van der Waals surface area contributed by atoms with Crippen molar-refractivity contribution in [2.75, 3.05) is 26.3 Å². The van der Waals surface area contributed by atoms with Gasteiger partial charge in [-0.3, -0.25) is 9.69 Å². The maximum atomic E-state index is 11.5. The Labute approximate surface area is 101 Å². The van der Waals surface area contributed by atoms with Crippen molar-refractivity contribution in [3.63, 3.8) is 0 Å². The summed E-state index contributed by atoms with van der Waals surface area (Å²) in [6.07, 6.45) is 0. The molecule has 0 aromatic heterocycles. The predicted octanol–water partition coefficient (Wildman–Crippen LogP) is 0.387. The van der Waals surface area contributed by atoms with Gasteiger partial charge in [0.1, 0.15) is 0 Å². The first kappa shape index (κ1) is 10.7. The molecule has 2 saturated heterocycles. The number of carbonyl (C=O) groups is 1. The molecule has 1 aromatic carbocycles. The van der Waals surface area contributed by atoms with Crippen molar-refractivity contribution >= 4 is 5.91 Å². The number of nitrogens with zero attached hydrogens (tertiary/aromatic N) is 1. The van der Waals surface area contributed by atoms with E-state index in [1.54, 1.807) is 0 Å². The van der Waals surface area contributed by atoms with E-state index in [9.17, 15) is 4.79 Å². The summed E-state index contributed by atoms with van der Waals surface area (Å²) >= 11 is 0. The Morgan fingerprint density at radius 2 is 2.06 bits per heavy atom. The first-order valence-corrected chi connectivity index (χ1v) is 5.92. The number of piperazine rings is 1. The van der Waals surface area contributed by atoms with Gasteiger partial charge >= 0.3 is 0 Å². The van der Waals surface area contributed by atoms with Crippen LogP contribution in [0.1, 0.15) is 5.56 Å². The molecular weight excluding hydrogens is 216 g/mol. The highest BCUT2D eigenvalue weighted by molar-refractivity contribution is 5.79. The third kappa shape index (κ3) is 1.94. The smallest absolute Gasteiger partial charge is 0.234 e. The number of amides is 1. The van der Waals surface area contributed by atoms with E-state index in [4.69, 9.17) is 4.74 Å². The lowest BCUT2D eigenvalue weighted by atomic mass is 9.92. The Bertz CT molecular complexity index is 415. The van der Waals surface area contributed by atoms with E-state index < -0.39 is 0 Å². The van der Waals surface area contributed by atoms with Crippen LogP contribution in [0.5, 0.6) is 0 Å². The van der Waals surface area contributed by atoms with Crippen molar-refractivity contribution in [1.82, 2.24) is 10.2 Å². The Morgan fingerprint density at radius 1 is 1.29 bits per heavy atom. The summed E-state index contributed by atoms with van der Waals surface area (Å²) in [7, 11) is 0. The van der Waals surface area contributed by atoms with E-state index in [-0.39, 0.29) is 11.4 Å². The summed E-state index contributed by atoms with van der Waals surface area (Å²) in [5, 5.41) is 2.93. The van der Waals surface area contributed by atoms with Crippen LogP contribution in [0, 0.1) is 0 Å². The van der Waals surface area contributed by atoms with Crippen LogP contribution in [0.15, 0.2) is 30.3 Å². The van der Waals surface area contributed by atoms with Crippen molar-refractivity contribution in [3.05, 3.63) is 35.9 Å². The fourth-order valence-corrected chi connectivity index (χ4v) is 2.42. The molecule has 2 fully saturated rings. The minimum Gasteiger partial charge on any atom is -0.377 e. The van der Waals surface area contributed by atoms with Crippen molar-refractivity contribution in [3.8, 4) is 0 Å². The molecule has 4 heteroatoms. The van der Waals surface area contributed by atoms with Gasteiger partial charge in [-0.25, -0.2) is 0 Å². The number of ether oxygens (including phenoxy) is 1. The van der Waals surface area contributed by atoms with Gasteiger partial charge in [-0.2, -0.15) is 0 Å². The summed E-state index contributed by atoms with van der Waals surface area (Å²) in [4.78, 5) is 13.7. The molecule has 2 aliphatic heterocycles. The van der Waals surface area contributed by atoms with E-state index in [1.165, 1.54) is 5.56 Å². The average molecular weight is 232 g/mol. The molecule has 2 aliphatic rings. The van der Waals surface area contributed by atoms with E-state index >= 15 is 0 Å². The van der Waals surface area contributed by atoms with E-state index in [1.807, 2.05) is 18.2 Å². The molecular formula is C13H16N2O2. The van der Waals surface area contributed by atoms with E-state index in [2.05, 4.69) is 22.3 Å². The Hall–Kier alpha value is -1.39. The van der Waals surface area contributed by atoms with Gasteiger partial charge in [0.25, 0.3) is 0 Å². The zero-order chi connectivity index (χ0) is 11.7. The number of nitrogens with one attached hydrogen (secondary N) is 1. The van der Waals surface area contributed by atoms with Gasteiger partial charge in [0, 0.05) is 13.1 Å². The van der Waals surface area contributed by atoms with Crippen LogP contribution < -0.4 is 5.32 Å². The molecule has 90 valence electrons. The quantitative estimate of drug-likeness (QED) is 0.802. The third-order valence-electron chi connectivity index (χ3n) is 3.58. The normalized spacial score (nSPS) is 23.2. The molecule has 17 heavy (non-hydrogen) atoms. The maximum Gasteiger partial charge on any atom is 0.234 e. The first-order valence-electron chi connectivity index (χ1n) is 5.92. The molecule has 0 saturated carbocycles. The van der Waals surface area contributed by atoms with Gasteiger partial charge in [0.05, 0.1) is 25.3 Å². The van der Waals surface area contributed by atoms with E-state index in [0.29, 0.717) is 13.1 Å². The predicted molar refractivity (Wildman–Crippen MR) is 63.4 cm³/mol. The van der Waals surface area contributed by atoms with Crippen LogP contribution in [0.2, 0.25) is 0 Å². The van der Waals surface area contributed by atoms with Gasteiger partial charge in [0.2, 0.25) is 5.91 Å². The van der Waals surface area contributed by atoms with Gasteiger partial charge in [-0.1, -0.05) is 30.3 Å². The van der Waals surface area contributed by atoms with Gasteiger partial charge < -0.3 is 10.1 Å². The Kier molecular flexibility index (Phi) is 2.61. The molecule has 0 bridgehead atoms. The lowest BCUT2D eigenvalue weighted by Gasteiger charge is -2.51. The van der Waals surface area contributed by atoms with Crippen LogP contribution in [-0.4, -0.2) is 42.6 Å². The van der Waals surface area contributed by atoms with Crippen LogP contribution in [-0.2, 0) is 16.1 Å². The zero-order valence-corrected chi connectivity index (χ0v) is 9.69. The largest absolute Gasteiger partial charge is 0.377 e. The second-order valence-electron chi connectivity index (χ2n) is 4.84. The average Bonchev–Trinajstić information content (AvgIpc) is 2.28. The Balaban J connectivity index is 1.77. The second kappa shape index (κ2) is 4.13. The monoisotopic (exact) mass is 232 g/mol. The highest BCUT2D eigenvalue weighted by Crippen LogP contribution is 2.28. The van der Waals surface area contributed by atoms with Crippen LogP contribution in [0.25, 0.3) is 0 Å².